The second-order valence-electron chi connectivity index (χ2n) is 23.4. The van der Waals surface area contributed by atoms with Crippen molar-refractivity contribution >= 4 is 22.2 Å². The summed E-state index contributed by atoms with van der Waals surface area (Å²) < 4.78 is 0. The van der Waals surface area contributed by atoms with E-state index in [4.69, 9.17) is 0 Å². The van der Waals surface area contributed by atoms with Crippen LogP contribution < -0.4 is 37.7 Å². The third kappa shape index (κ3) is 9.72. The van der Waals surface area contributed by atoms with Gasteiger partial charge in [-0.1, -0.05) is 201 Å². The fraction of sp³-hybridized carbons (Fsp3) is 0.600. The van der Waals surface area contributed by atoms with Crippen LogP contribution in [0.25, 0.3) is 17.2 Å². The van der Waals surface area contributed by atoms with Crippen LogP contribution in [0, 0.1) is 35.5 Å². The van der Waals surface area contributed by atoms with Crippen LogP contribution in [0.5, 0.6) is 0 Å². The van der Waals surface area contributed by atoms with Crippen LogP contribution in [0.3, 0.4) is 0 Å². The molecule has 0 spiro atoms. The molecule has 7 aliphatic carbocycles. The van der Waals surface area contributed by atoms with E-state index in [0.29, 0.717) is 11.1 Å². The van der Waals surface area contributed by atoms with Crippen LogP contribution in [-0.4, -0.2) is 16.1 Å². The Bertz CT molecular complexity index is 2110. The molecule has 4 fully saturated rings. The number of hydrogen-bond donors (Lipinski definition) is 0. The van der Waals surface area contributed by atoms with Crippen LogP contribution in [0.4, 0.5) is 0 Å². The zero-order valence-corrected chi connectivity index (χ0v) is 44.5. The van der Waals surface area contributed by atoms with Gasteiger partial charge in [0.2, 0.25) is 0 Å². The fourth-order valence-electron chi connectivity index (χ4n) is 16.3. The van der Waals surface area contributed by atoms with E-state index >= 15 is 0 Å². The molecule has 0 amide bonds. The fourth-order valence-corrected chi connectivity index (χ4v) is 25.7. The summed E-state index contributed by atoms with van der Waals surface area (Å²) in [6.07, 6.45) is 34.5. The van der Waals surface area contributed by atoms with Gasteiger partial charge in [-0.2, -0.15) is 0 Å². The molecular weight excluding hydrogens is 791 g/mol. The van der Waals surface area contributed by atoms with Gasteiger partial charge in [0.25, 0.3) is 0 Å². The molecule has 0 aromatic heterocycles. The Morgan fingerprint density at radius 3 is 2.19 bits per heavy atom. The molecule has 10 rings (SSSR count). The summed E-state index contributed by atoms with van der Waals surface area (Å²) >= 11 is 0. The largest absolute Gasteiger partial charge is 1.00 e. The standard InChI is InChI=1S/C30H48Si.C30H36Si.2Li/c2*1-5-6-11-22-16-17-25(19-22)31(3,4)30-21(2)18-27-28(30)20-24-14-10-15-26(24)29(27)23-12-8-7-9-13-23;;/h7-9,12-13,21-22,24-30H,5-6,10-11,14-20H2,1-4H3;7-9,12-13,16-20,25,30H,5-6,10-11,14-15H2,1-4H3;;/q;;2*+1. The topological polar surface area (TPSA) is 0 Å². The van der Waals surface area contributed by atoms with Gasteiger partial charge in [-0.3, -0.25) is 0 Å². The van der Waals surface area contributed by atoms with Gasteiger partial charge in [-0.15, -0.1) is 0 Å². The summed E-state index contributed by atoms with van der Waals surface area (Å²) in [5, 5.41) is 0. The van der Waals surface area contributed by atoms with Crippen molar-refractivity contribution in [2.45, 2.75) is 191 Å². The number of rotatable bonds is 12. The van der Waals surface area contributed by atoms with E-state index in [1.165, 1.54) is 94.6 Å². The van der Waals surface area contributed by atoms with E-state index in [1.54, 1.807) is 64.6 Å². The maximum absolute atomic E-state index is 2.85. The van der Waals surface area contributed by atoms with Crippen LogP contribution in [0.2, 0.25) is 42.8 Å². The van der Waals surface area contributed by atoms with E-state index in [9.17, 15) is 0 Å². The first kappa shape index (κ1) is 50.4. The van der Waals surface area contributed by atoms with Crippen LogP contribution in [0.1, 0.15) is 163 Å². The first-order valence-corrected chi connectivity index (χ1v) is 32.7. The van der Waals surface area contributed by atoms with Crippen molar-refractivity contribution < 1.29 is 37.7 Å². The predicted octanol–water partition coefficient (Wildman–Crippen LogP) is 12.0. The van der Waals surface area contributed by atoms with Gasteiger partial charge in [0.1, 0.15) is 0 Å². The Morgan fingerprint density at radius 2 is 1.45 bits per heavy atom. The van der Waals surface area contributed by atoms with Gasteiger partial charge >= 0.3 is 37.7 Å². The molecule has 0 heterocycles. The molecule has 0 N–H and O–H groups in total. The van der Waals surface area contributed by atoms with Crippen molar-refractivity contribution in [3.63, 3.8) is 0 Å². The number of hydrogen-bond acceptors (Lipinski definition) is 0. The molecular formula is C60H84Li2Si2+2. The number of fused-ring (bicyclic) bond motifs is 4. The quantitative estimate of drug-likeness (QED) is 0.159. The van der Waals surface area contributed by atoms with Crippen molar-refractivity contribution in [2.75, 3.05) is 0 Å². The Kier molecular flexibility index (Phi) is 16.9. The maximum atomic E-state index is 2.85. The molecule has 0 aliphatic heterocycles. The molecule has 64 heavy (non-hydrogen) atoms. The molecule has 0 nitrogen and oxygen atoms in total. The minimum atomic E-state index is -1.62. The Labute approximate surface area is 418 Å². The molecule has 3 aromatic carbocycles. The van der Waals surface area contributed by atoms with Gasteiger partial charge in [0, 0.05) is 5.54 Å². The van der Waals surface area contributed by atoms with E-state index in [-0.39, 0.29) is 37.7 Å². The third-order valence-electron chi connectivity index (χ3n) is 19.1. The Hall–Kier alpha value is -1.49. The predicted molar refractivity (Wildman–Crippen MR) is 276 cm³/mol. The summed E-state index contributed by atoms with van der Waals surface area (Å²) in [5.41, 5.74) is 17.7. The minimum absolute atomic E-state index is 0. The second kappa shape index (κ2) is 21.4. The molecule has 0 saturated heterocycles. The number of benzene rings is 3. The smallest absolute Gasteiger partial charge is 0.0800 e. The normalized spacial score (nSPS) is 31.2. The Morgan fingerprint density at radius 1 is 0.719 bits per heavy atom. The molecule has 7 aliphatic rings. The molecule has 11 atom stereocenters. The molecule has 11 unspecified atom stereocenters. The molecule has 3 aromatic rings. The zero-order valence-electron chi connectivity index (χ0n) is 42.5. The first-order chi connectivity index (χ1) is 30.0. The molecule has 4 saturated carbocycles. The van der Waals surface area contributed by atoms with Crippen LogP contribution >= 0.6 is 0 Å². The van der Waals surface area contributed by atoms with Gasteiger partial charge in [0.05, 0.1) is 16.1 Å². The van der Waals surface area contributed by atoms with Gasteiger partial charge in [-0.05, 0) is 162 Å². The minimum Gasteiger partial charge on any atom is -0.0800 e. The molecule has 0 bridgehead atoms. The van der Waals surface area contributed by atoms with Crippen LogP contribution in [0.15, 0.2) is 96.1 Å². The summed E-state index contributed by atoms with van der Waals surface area (Å²) in [6.45, 7) is 20.7. The third-order valence-corrected chi connectivity index (χ3v) is 28.8. The van der Waals surface area contributed by atoms with Crippen molar-refractivity contribution in [3.05, 3.63) is 124 Å². The van der Waals surface area contributed by atoms with Crippen molar-refractivity contribution in [1.29, 1.82) is 0 Å². The van der Waals surface area contributed by atoms with Gasteiger partial charge < -0.3 is 0 Å². The van der Waals surface area contributed by atoms with Crippen molar-refractivity contribution in [2.24, 2.45) is 35.5 Å². The van der Waals surface area contributed by atoms with Gasteiger partial charge in [-0.25, -0.2) is 0 Å². The van der Waals surface area contributed by atoms with Crippen molar-refractivity contribution in [3.8, 4) is 11.1 Å². The zero-order chi connectivity index (χ0) is 43.2. The first-order valence-electron chi connectivity index (χ1n) is 26.4. The monoisotopic (exact) mass is 875 g/mol. The van der Waals surface area contributed by atoms with E-state index in [0.717, 1.165) is 52.5 Å². The van der Waals surface area contributed by atoms with Gasteiger partial charge in [0.15, 0.2) is 0 Å². The summed E-state index contributed by atoms with van der Waals surface area (Å²) in [6, 6.07) is 25.6. The summed E-state index contributed by atoms with van der Waals surface area (Å²) in [5.74, 6) is 6.93. The summed E-state index contributed by atoms with van der Waals surface area (Å²) in [7, 11) is -2.88. The average molecular weight is 875 g/mol. The molecule has 332 valence electrons. The number of unbranched alkanes of at least 4 members (excludes halogenated alkanes) is 2. The summed E-state index contributed by atoms with van der Waals surface area (Å²) in [4.78, 5) is 0. The maximum Gasteiger partial charge on any atom is 1.00 e. The SMILES string of the molecule is CCCCC1=CC([Si](C)(C)C2C(C)=Cc3c2cc2c(c3-c3ccccc3)CCC2)C=C1.CCCCC1CCC([Si](C)(C)C2C(C)CC3C2CC2CCCC2C3c2ccccc2)C1.[Li+].[Li+]. The molecule has 4 heteroatoms. The average Bonchev–Trinajstić information content (AvgIpc) is 4.13. The second-order valence-corrected chi connectivity index (χ2v) is 33.4. The van der Waals surface area contributed by atoms with E-state index in [2.05, 4.69) is 145 Å². The van der Waals surface area contributed by atoms with Crippen molar-refractivity contribution in [1.82, 2.24) is 0 Å². The number of aryl methyl sites for hydroxylation is 1. The Balaban J connectivity index is 0.000000186. The van der Waals surface area contributed by atoms with E-state index in [1.807, 2.05) is 0 Å². The van der Waals surface area contributed by atoms with E-state index < -0.39 is 16.1 Å². The van der Waals surface area contributed by atoms with Crippen LogP contribution in [-0.2, 0) is 12.8 Å². The number of allylic oxidation sites excluding steroid dienone is 5. The molecule has 0 radical (unpaired) electrons.